The largest absolute Gasteiger partial charge is 0.493 e. The van der Waals surface area contributed by atoms with Crippen LogP contribution in [0.1, 0.15) is 30.5 Å². The molecule has 8 heteroatoms. The van der Waals surface area contributed by atoms with Gasteiger partial charge in [-0.05, 0) is 43.7 Å². The summed E-state index contributed by atoms with van der Waals surface area (Å²) in [7, 11) is -2.43. The van der Waals surface area contributed by atoms with Gasteiger partial charge in [-0.3, -0.25) is 4.79 Å². The summed E-state index contributed by atoms with van der Waals surface area (Å²) in [5.74, 6) is -0.224. The predicted octanol–water partition coefficient (Wildman–Crippen LogP) is 2.90. The van der Waals surface area contributed by atoms with Crippen molar-refractivity contribution < 1.29 is 27.8 Å². The lowest BCUT2D eigenvalue weighted by Gasteiger charge is -2.19. The molecule has 0 heterocycles. The number of hydrogen-bond donors (Lipinski definition) is 2. The third-order valence-corrected chi connectivity index (χ3v) is 5.38. The molecule has 0 aliphatic carbocycles. The van der Waals surface area contributed by atoms with Gasteiger partial charge in [0, 0.05) is 0 Å². The van der Waals surface area contributed by atoms with Crippen LogP contribution in [0, 0.1) is 6.92 Å². The molecule has 2 aromatic carbocycles. The smallest absolute Gasteiger partial charge is 0.305 e. The number of carbonyl (C=O) groups is 1. The first-order valence-electron chi connectivity index (χ1n) is 8.38. The fourth-order valence-corrected chi connectivity index (χ4v) is 3.78. The fourth-order valence-electron chi connectivity index (χ4n) is 2.55. The zero-order valence-electron chi connectivity index (χ0n) is 15.4. The summed E-state index contributed by atoms with van der Waals surface area (Å²) in [6, 6.07) is 10.2. The summed E-state index contributed by atoms with van der Waals surface area (Å²) in [5, 5.41) is 9.22. The zero-order chi connectivity index (χ0) is 20.0. The van der Waals surface area contributed by atoms with Crippen molar-refractivity contribution in [1.82, 2.24) is 4.72 Å². The Morgan fingerprint density at radius 2 is 1.81 bits per heavy atom. The van der Waals surface area contributed by atoms with Crippen LogP contribution < -0.4 is 14.2 Å². The second kappa shape index (κ2) is 8.88. The number of hydrogen-bond acceptors (Lipinski definition) is 5. The summed E-state index contributed by atoms with van der Waals surface area (Å²) in [4.78, 5) is 11.4. The minimum Gasteiger partial charge on any atom is -0.493 e. The summed E-state index contributed by atoms with van der Waals surface area (Å²) in [6.45, 7) is 4.12. The Balaban J connectivity index is 2.37. The van der Waals surface area contributed by atoms with Crippen LogP contribution in [-0.2, 0) is 14.8 Å². The fraction of sp³-hybridized carbons (Fsp3) is 0.316. The third kappa shape index (κ3) is 5.45. The number of sulfonamides is 1. The van der Waals surface area contributed by atoms with Crippen molar-refractivity contribution in [2.75, 3.05) is 13.7 Å². The van der Waals surface area contributed by atoms with Gasteiger partial charge in [-0.2, -0.15) is 0 Å². The van der Waals surface area contributed by atoms with Gasteiger partial charge in [-0.1, -0.05) is 23.8 Å². The van der Waals surface area contributed by atoms with E-state index >= 15 is 0 Å². The molecular weight excluding hydrogens is 370 g/mol. The van der Waals surface area contributed by atoms with Crippen molar-refractivity contribution in [1.29, 1.82) is 0 Å². The molecule has 0 saturated carbocycles. The molecule has 0 aliphatic heterocycles. The maximum atomic E-state index is 12.7. The topological polar surface area (TPSA) is 102 Å². The van der Waals surface area contributed by atoms with Crippen LogP contribution in [0.5, 0.6) is 11.5 Å². The highest BCUT2D eigenvalue weighted by Crippen LogP contribution is 2.32. The Bertz CT molecular complexity index is 893. The molecule has 0 bridgehead atoms. The molecule has 1 atom stereocenters. The van der Waals surface area contributed by atoms with Crippen molar-refractivity contribution >= 4 is 16.0 Å². The van der Waals surface area contributed by atoms with E-state index in [9.17, 15) is 18.3 Å². The van der Waals surface area contributed by atoms with Crippen molar-refractivity contribution in [3.8, 4) is 11.5 Å². The molecule has 0 saturated heterocycles. The van der Waals surface area contributed by atoms with Crippen LogP contribution >= 0.6 is 0 Å². The Morgan fingerprint density at radius 3 is 2.37 bits per heavy atom. The van der Waals surface area contributed by atoms with Crippen molar-refractivity contribution in [3.05, 3.63) is 53.6 Å². The summed E-state index contributed by atoms with van der Waals surface area (Å²) >= 11 is 0. The van der Waals surface area contributed by atoms with Gasteiger partial charge in [0.2, 0.25) is 10.0 Å². The monoisotopic (exact) mass is 393 g/mol. The van der Waals surface area contributed by atoms with Crippen LogP contribution in [-0.4, -0.2) is 33.2 Å². The second-order valence-corrected chi connectivity index (χ2v) is 7.64. The molecule has 7 nitrogen and oxygen atoms in total. The van der Waals surface area contributed by atoms with Crippen molar-refractivity contribution in [3.63, 3.8) is 0 Å². The van der Waals surface area contributed by atoms with E-state index in [4.69, 9.17) is 9.47 Å². The van der Waals surface area contributed by atoms with E-state index in [2.05, 4.69) is 4.72 Å². The summed E-state index contributed by atoms with van der Waals surface area (Å²) in [5.41, 5.74) is 1.39. The van der Waals surface area contributed by atoms with E-state index in [1.807, 2.05) is 13.8 Å². The van der Waals surface area contributed by atoms with Gasteiger partial charge in [0.15, 0.2) is 11.5 Å². The first kappa shape index (κ1) is 20.7. The van der Waals surface area contributed by atoms with Gasteiger partial charge < -0.3 is 14.6 Å². The van der Waals surface area contributed by atoms with Crippen LogP contribution in [0.2, 0.25) is 0 Å². The second-order valence-electron chi connectivity index (χ2n) is 5.93. The molecule has 0 unspecified atom stereocenters. The summed E-state index contributed by atoms with van der Waals surface area (Å²) < 4.78 is 38.5. The van der Waals surface area contributed by atoms with Gasteiger partial charge in [-0.15, -0.1) is 0 Å². The number of ether oxygens (including phenoxy) is 2. The van der Waals surface area contributed by atoms with E-state index in [0.717, 1.165) is 5.56 Å². The number of rotatable bonds is 9. The van der Waals surface area contributed by atoms with E-state index in [0.29, 0.717) is 23.7 Å². The standard InChI is InChI=1S/C19H23NO6S/c1-4-26-17-10-7-14(11-18(17)25-3)16(12-19(21)22)20-27(23,24)15-8-5-13(2)6-9-15/h5-11,16,20H,4,12H2,1-3H3,(H,21,22)/t16-/m0/s1. The predicted molar refractivity (Wildman–Crippen MR) is 101 cm³/mol. The van der Waals surface area contributed by atoms with E-state index in [1.54, 1.807) is 30.3 Å². The molecule has 27 heavy (non-hydrogen) atoms. The highest BCUT2D eigenvalue weighted by atomic mass is 32.2. The van der Waals surface area contributed by atoms with Crippen molar-refractivity contribution in [2.45, 2.75) is 31.2 Å². The SMILES string of the molecule is CCOc1ccc([C@H](CC(=O)O)NS(=O)(=O)c2ccc(C)cc2)cc1OC. The number of methoxy groups -OCH3 is 1. The molecule has 0 aromatic heterocycles. The quantitative estimate of drug-likeness (QED) is 0.679. The highest BCUT2D eigenvalue weighted by molar-refractivity contribution is 7.89. The molecule has 0 aliphatic rings. The van der Waals surface area contributed by atoms with Crippen LogP contribution in [0.3, 0.4) is 0 Å². The first-order chi connectivity index (χ1) is 12.8. The molecule has 0 amide bonds. The Kier molecular flexibility index (Phi) is 6.81. The lowest BCUT2D eigenvalue weighted by molar-refractivity contribution is -0.137. The van der Waals surface area contributed by atoms with E-state index in [1.165, 1.54) is 19.2 Å². The number of nitrogens with one attached hydrogen (secondary N) is 1. The van der Waals surface area contributed by atoms with Crippen molar-refractivity contribution in [2.24, 2.45) is 0 Å². The van der Waals surface area contributed by atoms with Gasteiger partial charge in [0.1, 0.15) is 0 Å². The third-order valence-electron chi connectivity index (χ3n) is 3.90. The zero-order valence-corrected chi connectivity index (χ0v) is 16.2. The molecular formula is C19H23NO6S. The maximum Gasteiger partial charge on any atom is 0.305 e. The number of aliphatic carboxylic acids is 1. The van der Waals surface area contributed by atoms with E-state index in [-0.39, 0.29) is 4.90 Å². The molecule has 0 fully saturated rings. The Labute approximate surface area is 159 Å². The van der Waals surface area contributed by atoms with Gasteiger partial charge in [0.05, 0.1) is 31.1 Å². The molecule has 2 rings (SSSR count). The Morgan fingerprint density at radius 1 is 1.15 bits per heavy atom. The molecule has 2 aromatic rings. The molecule has 146 valence electrons. The number of benzene rings is 2. The van der Waals surface area contributed by atoms with E-state index < -0.39 is 28.5 Å². The minimum atomic E-state index is -3.90. The first-order valence-corrected chi connectivity index (χ1v) is 9.86. The van der Waals surface area contributed by atoms with Crippen LogP contribution in [0.25, 0.3) is 0 Å². The number of aryl methyl sites for hydroxylation is 1. The molecule has 0 spiro atoms. The van der Waals surface area contributed by atoms with Gasteiger partial charge >= 0.3 is 5.97 Å². The Hall–Kier alpha value is -2.58. The van der Waals surface area contributed by atoms with Gasteiger partial charge in [-0.25, -0.2) is 13.1 Å². The van der Waals surface area contributed by atoms with Crippen LogP contribution in [0.4, 0.5) is 0 Å². The number of carboxylic acids is 1. The average Bonchev–Trinajstić information content (AvgIpc) is 2.61. The normalized spacial score (nSPS) is 12.4. The minimum absolute atomic E-state index is 0.0707. The lowest BCUT2D eigenvalue weighted by Crippen LogP contribution is -2.30. The maximum absolute atomic E-state index is 12.7. The number of carboxylic acid groups (broad SMARTS) is 1. The van der Waals surface area contributed by atoms with Gasteiger partial charge in [0.25, 0.3) is 0 Å². The lowest BCUT2D eigenvalue weighted by atomic mass is 10.0. The highest BCUT2D eigenvalue weighted by Gasteiger charge is 2.24. The molecule has 2 N–H and O–H groups in total. The summed E-state index contributed by atoms with van der Waals surface area (Å²) in [6.07, 6.45) is -0.414. The van der Waals surface area contributed by atoms with Crippen LogP contribution in [0.15, 0.2) is 47.4 Å². The average molecular weight is 393 g/mol. The molecule has 0 radical (unpaired) electrons.